The van der Waals surface area contributed by atoms with E-state index < -0.39 is 0 Å². The number of allylic oxidation sites excluding steroid dienone is 2. The smallest absolute Gasteiger partial charge is 0.00476 e. The van der Waals surface area contributed by atoms with Gasteiger partial charge in [-0.05, 0) is 44.2 Å². The van der Waals surface area contributed by atoms with Gasteiger partial charge >= 0.3 is 0 Å². The summed E-state index contributed by atoms with van der Waals surface area (Å²) < 4.78 is 0. The summed E-state index contributed by atoms with van der Waals surface area (Å²) in [6.07, 6.45) is 15.1. The highest BCUT2D eigenvalue weighted by Gasteiger charge is 2.10. The Hall–Kier alpha value is -0.590. The molecule has 0 aromatic heterocycles. The van der Waals surface area contributed by atoms with E-state index in [1.54, 1.807) is 0 Å². The van der Waals surface area contributed by atoms with Gasteiger partial charge in [0.25, 0.3) is 0 Å². The third kappa shape index (κ3) is 3.70. The van der Waals surface area contributed by atoms with Gasteiger partial charge in [-0.15, -0.1) is 0 Å². The lowest BCUT2D eigenvalue weighted by molar-refractivity contribution is 0.681. The zero-order valence-electron chi connectivity index (χ0n) is 7.76. The predicted molar refractivity (Wildman–Crippen MR) is 53.7 cm³/mol. The van der Waals surface area contributed by atoms with Gasteiger partial charge in [-0.25, -0.2) is 0 Å². The topological polar surface area (TPSA) is 23.9 Å². The van der Waals surface area contributed by atoms with Crippen LogP contribution in [0.1, 0.15) is 44.9 Å². The Labute approximate surface area is 75.4 Å². The molecule has 1 heteroatoms. The molecule has 12 heavy (non-hydrogen) atoms. The predicted octanol–water partition coefficient (Wildman–Crippen LogP) is 3.55. The van der Waals surface area contributed by atoms with Gasteiger partial charge in [0.2, 0.25) is 0 Å². The number of nitrogens with one attached hydrogen (secondary N) is 1. The summed E-state index contributed by atoms with van der Waals surface area (Å²) in [4.78, 5) is 0. The number of rotatable bonds is 5. The van der Waals surface area contributed by atoms with Crippen LogP contribution in [0.25, 0.3) is 0 Å². The maximum absolute atomic E-state index is 6.86. The molecule has 1 fully saturated rings. The first kappa shape index (κ1) is 9.50. The first-order valence-electron chi connectivity index (χ1n) is 5.09. The Balaban J connectivity index is 2.00. The SMILES string of the molecule is N=CCCC/C=C/C1CCCC1. The highest BCUT2D eigenvalue weighted by molar-refractivity contribution is 5.52. The average Bonchev–Trinajstić information content (AvgIpc) is 2.57. The second kappa shape index (κ2) is 5.99. The zero-order chi connectivity index (χ0) is 8.65. The van der Waals surface area contributed by atoms with Crippen molar-refractivity contribution in [3.8, 4) is 0 Å². The molecule has 0 atom stereocenters. The molecule has 0 radical (unpaired) electrons. The third-order valence-electron chi connectivity index (χ3n) is 2.53. The van der Waals surface area contributed by atoms with E-state index in [1.807, 2.05) is 0 Å². The second-order valence-corrected chi connectivity index (χ2v) is 3.61. The van der Waals surface area contributed by atoms with Crippen LogP contribution in [-0.4, -0.2) is 6.21 Å². The van der Waals surface area contributed by atoms with Crippen molar-refractivity contribution in [2.75, 3.05) is 0 Å². The minimum absolute atomic E-state index is 0.880. The average molecular weight is 165 g/mol. The van der Waals surface area contributed by atoms with Gasteiger partial charge in [0, 0.05) is 0 Å². The first-order chi connectivity index (χ1) is 5.93. The molecule has 0 amide bonds. The van der Waals surface area contributed by atoms with Crippen molar-refractivity contribution < 1.29 is 0 Å². The standard InChI is InChI=1S/C11H19N/c12-10-6-2-1-3-7-11-8-4-5-9-11/h3,7,10-12H,1-2,4-6,8-9H2/b7-3+,12-10?. The van der Waals surface area contributed by atoms with Crippen molar-refractivity contribution in [2.24, 2.45) is 5.92 Å². The summed E-state index contributed by atoms with van der Waals surface area (Å²) >= 11 is 0. The first-order valence-corrected chi connectivity index (χ1v) is 5.09. The summed E-state index contributed by atoms with van der Waals surface area (Å²) in [6, 6.07) is 0. The van der Waals surface area contributed by atoms with Crippen molar-refractivity contribution in [3.05, 3.63) is 12.2 Å². The van der Waals surface area contributed by atoms with Crippen molar-refractivity contribution >= 4 is 6.21 Å². The molecular formula is C11H19N. The highest BCUT2D eigenvalue weighted by Crippen LogP contribution is 2.25. The molecule has 0 saturated heterocycles. The van der Waals surface area contributed by atoms with Crippen LogP contribution in [0, 0.1) is 11.3 Å². The van der Waals surface area contributed by atoms with Crippen molar-refractivity contribution in [3.63, 3.8) is 0 Å². The molecule has 68 valence electrons. The highest BCUT2D eigenvalue weighted by atomic mass is 14.3. The maximum atomic E-state index is 6.86. The van der Waals surface area contributed by atoms with Crippen LogP contribution in [0.3, 0.4) is 0 Å². The molecule has 0 aromatic carbocycles. The Bertz CT molecular complexity index is 143. The maximum Gasteiger partial charge on any atom is -0.00476 e. The molecule has 1 aliphatic carbocycles. The molecule has 1 nitrogen and oxygen atoms in total. The van der Waals surface area contributed by atoms with Gasteiger partial charge in [-0.2, -0.15) is 0 Å². The molecule has 0 spiro atoms. The fourth-order valence-electron chi connectivity index (χ4n) is 1.78. The molecule has 0 unspecified atom stereocenters. The third-order valence-corrected chi connectivity index (χ3v) is 2.53. The van der Waals surface area contributed by atoms with Gasteiger partial charge in [-0.3, -0.25) is 0 Å². The van der Waals surface area contributed by atoms with E-state index >= 15 is 0 Å². The van der Waals surface area contributed by atoms with Gasteiger partial charge in [0.05, 0.1) is 0 Å². The molecular weight excluding hydrogens is 146 g/mol. The molecule has 1 rings (SSSR count). The van der Waals surface area contributed by atoms with Crippen LogP contribution in [-0.2, 0) is 0 Å². The summed E-state index contributed by atoms with van der Waals surface area (Å²) in [5.74, 6) is 0.880. The fraction of sp³-hybridized carbons (Fsp3) is 0.727. The Kier molecular flexibility index (Phi) is 4.74. The van der Waals surface area contributed by atoms with E-state index in [2.05, 4.69) is 12.2 Å². The van der Waals surface area contributed by atoms with Crippen LogP contribution in [0.15, 0.2) is 12.2 Å². The normalized spacial score (nSPS) is 19.0. The summed E-state index contributed by atoms with van der Waals surface area (Å²) in [5.41, 5.74) is 0. The molecule has 1 saturated carbocycles. The molecule has 0 aromatic rings. The van der Waals surface area contributed by atoms with E-state index in [4.69, 9.17) is 5.41 Å². The molecule has 1 aliphatic rings. The van der Waals surface area contributed by atoms with E-state index in [0.717, 1.165) is 25.2 Å². The van der Waals surface area contributed by atoms with Crippen molar-refractivity contribution in [2.45, 2.75) is 44.9 Å². The Morgan fingerprint density at radius 2 is 1.92 bits per heavy atom. The molecule has 0 bridgehead atoms. The van der Waals surface area contributed by atoms with Gasteiger partial charge < -0.3 is 5.41 Å². The summed E-state index contributed by atoms with van der Waals surface area (Å²) in [7, 11) is 0. The lowest BCUT2D eigenvalue weighted by atomic mass is 10.1. The monoisotopic (exact) mass is 165 g/mol. The lowest BCUT2D eigenvalue weighted by Crippen LogP contribution is -1.85. The molecule has 0 heterocycles. The minimum atomic E-state index is 0.880. The van der Waals surface area contributed by atoms with Crippen LogP contribution in [0.4, 0.5) is 0 Å². The van der Waals surface area contributed by atoms with Crippen molar-refractivity contribution in [1.82, 2.24) is 0 Å². The Morgan fingerprint density at radius 3 is 2.58 bits per heavy atom. The van der Waals surface area contributed by atoms with Crippen LogP contribution in [0.5, 0.6) is 0 Å². The summed E-state index contributed by atoms with van der Waals surface area (Å²) in [6.45, 7) is 0. The summed E-state index contributed by atoms with van der Waals surface area (Å²) in [5, 5.41) is 6.86. The Morgan fingerprint density at radius 1 is 1.17 bits per heavy atom. The fourth-order valence-corrected chi connectivity index (χ4v) is 1.78. The van der Waals surface area contributed by atoms with Gasteiger partial charge in [0.15, 0.2) is 0 Å². The number of unbranched alkanes of at least 4 members (excludes halogenated alkanes) is 2. The van der Waals surface area contributed by atoms with Crippen molar-refractivity contribution in [1.29, 1.82) is 5.41 Å². The van der Waals surface area contributed by atoms with Crippen LogP contribution in [0.2, 0.25) is 0 Å². The quantitative estimate of drug-likeness (QED) is 0.366. The number of hydrogen-bond acceptors (Lipinski definition) is 1. The van der Waals surface area contributed by atoms with Gasteiger partial charge in [-0.1, -0.05) is 25.0 Å². The largest absolute Gasteiger partial charge is 0.313 e. The molecule has 1 N–H and O–H groups in total. The number of hydrogen-bond donors (Lipinski definition) is 1. The molecule has 0 aliphatic heterocycles. The van der Waals surface area contributed by atoms with Gasteiger partial charge in [0.1, 0.15) is 0 Å². The van der Waals surface area contributed by atoms with Crippen LogP contribution < -0.4 is 0 Å². The van der Waals surface area contributed by atoms with E-state index in [-0.39, 0.29) is 0 Å². The van der Waals surface area contributed by atoms with E-state index in [0.29, 0.717) is 0 Å². The zero-order valence-corrected chi connectivity index (χ0v) is 7.76. The van der Waals surface area contributed by atoms with E-state index in [9.17, 15) is 0 Å². The second-order valence-electron chi connectivity index (χ2n) is 3.61. The van der Waals surface area contributed by atoms with Crippen LogP contribution >= 0.6 is 0 Å². The minimum Gasteiger partial charge on any atom is -0.313 e. The lowest BCUT2D eigenvalue weighted by Gasteiger charge is -1.99. The van der Waals surface area contributed by atoms with E-state index in [1.165, 1.54) is 31.9 Å².